The van der Waals surface area contributed by atoms with E-state index in [1.807, 2.05) is 18.2 Å². The van der Waals surface area contributed by atoms with Crippen LogP contribution in [0.25, 0.3) is 5.57 Å². The Morgan fingerprint density at radius 2 is 1.73 bits per heavy atom. The zero-order chi connectivity index (χ0) is 23.3. The monoisotopic (exact) mass is 455 g/mol. The van der Waals surface area contributed by atoms with Crippen molar-refractivity contribution in [2.24, 2.45) is 0 Å². The first-order chi connectivity index (χ1) is 15.8. The number of fused-ring (bicyclic) bond motifs is 4. The van der Waals surface area contributed by atoms with Gasteiger partial charge in [-0.1, -0.05) is 37.1 Å². The maximum atomic E-state index is 12.2. The van der Waals surface area contributed by atoms with Crippen LogP contribution < -0.4 is 10.1 Å². The summed E-state index contributed by atoms with van der Waals surface area (Å²) in [4.78, 5) is 14.4. The Morgan fingerprint density at radius 1 is 1.00 bits per heavy atom. The molecule has 1 aliphatic carbocycles. The predicted octanol–water partition coefficient (Wildman–Crippen LogP) is 4.46. The first-order valence-corrected chi connectivity index (χ1v) is 14.1. The van der Waals surface area contributed by atoms with Crippen LogP contribution in [0.3, 0.4) is 0 Å². The van der Waals surface area contributed by atoms with Crippen molar-refractivity contribution < 1.29 is 14.5 Å². The molecule has 0 amide bonds. The second kappa shape index (κ2) is 7.99. The van der Waals surface area contributed by atoms with Gasteiger partial charge in [0.2, 0.25) is 0 Å². The van der Waals surface area contributed by atoms with Gasteiger partial charge in [-0.25, -0.2) is 9.37 Å². The van der Waals surface area contributed by atoms with Crippen LogP contribution in [0.15, 0.2) is 71.5 Å². The second-order valence-corrected chi connectivity index (χ2v) is 14.0. The van der Waals surface area contributed by atoms with Crippen molar-refractivity contribution in [3.63, 3.8) is 0 Å². The molecule has 1 N–H and O–H groups in total. The summed E-state index contributed by atoms with van der Waals surface area (Å²) in [7, 11) is 6.42. The van der Waals surface area contributed by atoms with Gasteiger partial charge in [-0.15, -0.1) is 0 Å². The lowest BCUT2D eigenvalue weighted by atomic mass is 9.87. The zero-order valence-electron chi connectivity index (χ0n) is 19.9. The van der Waals surface area contributed by atoms with Crippen LogP contribution in [0.4, 0.5) is 5.69 Å². The highest BCUT2D eigenvalue weighted by molar-refractivity contribution is 7.00. The molecule has 0 atom stereocenters. The van der Waals surface area contributed by atoms with Crippen molar-refractivity contribution in [2.45, 2.75) is 24.9 Å². The zero-order valence-corrected chi connectivity index (χ0v) is 20.9. The molecular formula is C28H31N2O2Si+. The molecule has 2 aromatic rings. The number of anilines is 1. The fourth-order valence-corrected chi connectivity index (χ4v) is 11.5. The molecule has 0 aromatic heterocycles. The van der Waals surface area contributed by atoms with Crippen molar-refractivity contribution in [3.8, 4) is 0 Å². The molecule has 5 heteroatoms. The Morgan fingerprint density at radius 3 is 2.39 bits per heavy atom. The third-order valence-electron chi connectivity index (χ3n) is 7.49. The minimum absolute atomic E-state index is 0.363. The lowest BCUT2D eigenvalue weighted by Gasteiger charge is -2.40. The van der Waals surface area contributed by atoms with E-state index in [1.54, 1.807) is 6.07 Å². The van der Waals surface area contributed by atoms with Crippen LogP contribution >= 0.6 is 0 Å². The van der Waals surface area contributed by atoms with E-state index in [4.69, 9.17) is 0 Å². The normalized spacial score (nSPS) is 18.2. The summed E-state index contributed by atoms with van der Waals surface area (Å²) in [5.74, 6) is -0.880. The van der Waals surface area contributed by atoms with E-state index in [1.165, 1.54) is 57.8 Å². The van der Waals surface area contributed by atoms with E-state index in [0.29, 0.717) is 5.56 Å². The molecule has 2 aliphatic heterocycles. The number of allylic oxidation sites excluding steroid dienone is 5. The Kier molecular flexibility index (Phi) is 5.24. The minimum atomic E-state index is -1.96. The summed E-state index contributed by atoms with van der Waals surface area (Å²) in [6.45, 7) is 0. The Balaban J connectivity index is 1.91. The first kappa shape index (κ1) is 21.7. The third-order valence-corrected chi connectivity index (χ3v) is 12.8. The molecule has 3 aliphatic rings. The molecule has 0 unspecified atom stereocenters. The van der Waals surface area contributed by atoms with E-state index < -0.39 is 14.0 Å². The first-order valence-electron chi connectivity index (χ1n) is 11.7. The van der Waals surface area contributed by atoms with Crippen LogP contribution in [0, 0.1) is 0 Å². The molecule has 2 aromatic carbocycles. The summed E-state index contributed by atoms with van der Waals surface area (Å²) < 4.78 is 2.17. The summed E-state index contributed by atoms with van der Waals surface area (Å²) in [6.07, 6.45) is 9.36. The highest BCUT2D eigenvalue weighted by atomic mass is 28.3. The molecule has 1 fully saturated rings. The van der Waals surface area contributed by atoms with Gasteiger partial charge in [0.05, 0.1) is 5.56 Å². The fourth-order valence-electron chi connectivity index (χ4n) is 5.83. The number of rotatable bonds is 3. The second-order valence-electron chi connectivity index (χ2n) is 9.76. The summed E-state index contributed by atoms with van der Waals surface area (Å²) in [5, 5.41) is 13.0. The molecule has 0 radical (unpaired) electrons. The largest absolute Gasteiger partial charge is 0.478 e. The van der Waals surface area contributed by atoms with Gasteiger partial charge in [-0.2, -0.15) is 0 Å². The van der Waals surface area contributed by atoms with E-state index in [-0.39, 0.29) is 0 Å². The van der Waals surface area contributed by atoms with E-state index in [0.717, 1.165) is 11.1 Å². The van der Waals surface area contributed by atoms with Crippen LogP contribution in [-0.4, -0.2) is 57.6 Å². The fraction of sp³-hybridized carbons (Fsp3) is 0.286. The predicted molar refractivity (Wildman–Crippen MR) is 139 cm³/mol. The van der Waals surface area contributed by atoms with Gasteiger partial charge < -0.3 is 10.0 Å². The molecule has 0 saturated carbocycles. The van der Waals surface area contributed by atoms with Crippen molar-refractivity contribution in [1.29, 1.82) is 0 Å². The van der Waals surface area contributed by atoms with Gasteiger partial charge in [-0.3, -0.25) is 0 Å². The van der Waals surface area contributed by atoms with Gasteiger partial charge >= 0.3 is 5.97 Å². The number of hydrogen-bond donors (Lipinski definition) is 1. The molecule has 4 nitrogen and oxygen atoms in total. The van der Waals surface area contributed by atoms with Gasteiger partial charge in [-0.05, 0) is 69.0 Å². The van der Waals surface area contributed by atoms with Crippen LogP contribution in [-0.2, 0) is 0 Å². The Bertz CT molecular complexity index is 1290. The number of benzene rings is 2. The van der Waals surface area contributed by atoms with E-state index in [9.17, 15) is 9.90 Å². The van der Waals surface area contributed by atoms with Gasteiger partial charge in [0, 0.05) is 31.9 Å². The van der Waals surface area contributed by atoms with Crippen LogP contribution in [0.5, 0.6) is 0 Å². The minimum Gasteiger partial charge on any atom is -0.478 e. The third kappa shape index (κ3) is 3.34. The standard InChI is InChI=1S/C28H30N2O2Si/c1-29(2)19-11-13-23-25(17-19)33(15-7-8-16-33)26-18-20(30(3)4)12-14-24(26)27(23)21-9-5-6-10-22(21)28(31)32/h5-6,9-14,17-18H,7-8,15-16H2,1-4H3/p+1. The average molecular weight is 456 g/mol. The number of carbonyl (C=O) groups is 1. The maximum absolute atomic E-state index is 12.2. The number of nitrogens with zero attached hydrogens (tertiary/aromatic N) is 2. The Hall–Kier alpha value is -3.18. The molecule has 0 bridgehead atoms. The lowest BCUT2D eigenvalue weighted by molar-refractivity contribution is -0.462. The number of aromatic carboxylic acids is 1. The Labute approximate surface area is 196 Å². The van der Waals surface area contributed by atoms with E-state index >= 15 is 0 Å². The summed E-state index contributed by atoms with van der Waals surface area (Å²) in [6, 6.07) is 16.8. The SMILES string of the molecule is CN(C)c1ccc2c(c1)[Si]1(CCCC1)C1=CC(=[N+](C)C)C=CC1=C2c1ccccc1C(=O)O. The van der Waals surface area contributed by atoms with Crippen molar-refractivity contribution in [1.82, 2.24) is 0 Å². The maximum Gasteiger partial charge on any atom is 0.336 e. The number of carboxylic acids is 1. The highest BCUT2D eigenvalue weighted by Gasteiger charge is 2.48. The molecular weight excluding hydrogens is 424 g/mol. The van der Waals surface area contributed by atoms with Crippen molar-refractivity contribution in [3.05, 3.63) is 88.2 Å². The quantitative estimate of drug-likeness (QED) is 0.549. The molecule has 33 heavy (non-hydrogen) atoms. The molecule has 5 rings (SSSR count). The van der Waals surface area contributed by atoms with Gasteiger partial charge in [0.15, 0.2) is 5.71 Å². The number of carboxylic acid groups (broad SMARTS) is 1. The van der Waals surface area contributed by atoms with Crippen LogP contribution in [0.2, 0.25) is 12.1 Å². The molecule has 1 saturated heterocycles. The number of hydrogen-bond acceptors (Lipinski definition) is 2. The highest BCUT2D eigenvalue weighted by Crippen LogP contribution is 2.48. The van der Waals surface area contributed by atoms with Gasteiger partial charge in [0.25, 0.3) is 0 Å². The van der Waals surface area contributed by atoms with Crippen molar-refractivity contribution >= 4 is 36.2 Å². The van der Waals surface area contributed by atoms with Gasteiger partial charge in [0.1, 0.15) is 22.2 Å². The smallest absolute Gasteiger partial charge is 0.336 e. The topological polar surface area (TPSA) is 43.5 Å². The molecule has 168 valence electrons. The van der Waals surface area contributed by atoms with Crippen molar-refractivity contribution in [2.75, 3.05) is 33.1 Å². The average Bonchev–Trinajstić information content (AvgIpc) is 3.29. The molecule has 2 heterocycles. The lowest BCUT2D eigenvalue weighted by Crippen LogP contribution is -2.52. The summed E-state index contributed by atoms with van der Waals surface area (Å²) >= 11 is 0. The molecule has 1 spiro atoms. The van der Waals surface area contributed by atoms with Crippen LogP contribution in [0.1, 0.15) is 34.3 Å². The van der Waals surface area contributed by atoms with E-state index in [2.05, 4.69) is 74.1 Å². The summed E-state index contributed by atoms with van der Waals surface area (Å²) in [5.41, 5.74) is 7.13.